The molecule has 2 aromatic carbocycles. The molecule has 0 atom stereocenters. The number of anilines is 1. The minimum Gasteiger partial charge on any atom is -0.485 e. The van der Waals surface area contributed by atoms with Gasteiger partial charge in [-0.3, -0.25) is 9.59 Å². The molecule has 5 nitrogen and oxygen atoms in total. The predicted molar refractivity (Wildman–Crippen MR) is 84.8 cm³/mol. The normalized spacial score (nSPS) is 17.5. The average molecular weight is 325 g/mol. The van der Waals surface area contributed by atoms with E-state index in [1.54, 1.807) is 24.3 Å². The smallest absolute Gasteiger partial charge is 0.262 e. The zero-order valence-corrected chi connectivity index (χ0v) is 12.5. The number of ether oxygens (including phenoxy) is 2. The average Bonchev–Trinajstić information content (AvgIpc) is 2.57. The lowest BCUT2D eigenvalue weighted by molar-refractivity contribution is -0.118. The third-order valence-corrected chi connectivity index (χ3v) is 3.85. The predicted octanol–water partition coefficient (Wildman–Crippen LogP) is 2.82. The van der Waals surface area contributed by atoms with Crippen LogP contribution in [0.25, 0.3) is 6.08 Å². The molecule has 0 bridgehead atoms. The van der Waals surface area contributed by atoms with E-state index in [0.29, 0.717) is 22.6 Å². The first-order valence-corrected chi connectivity index (χ1v) is 7.35. The fourth-order valence-corrected chi connectivity index (χ4v) is 2.72. The van der Waals surface area contributed by atoms with Crippen LogP contribution >= 0.6 is 0 Å². The largest absolute Gasteiger partial charge is 0.485 e. The summed E-state index contributed by atoms with van der Waals surface area (Å²) < 4.78 is 24.3. The second kappa shape index (κ2) is 5.49. The molecule has 0 unspecified atom stereocenters. The van der Waals surface area contributed by atoms with Gasteiger partial charge in [0.05, 0.1) is 11.3 Å². The van der Waals surface area contributed by atoms with E-state index in [-0.39, 0.29) is 36.2 Å². The minimum atomic E-state index is -0.548. The van der Waals surface area contributed by atoms with Crippen LogP contribution in [0.3, 0.4) is 0 Å². The number of hydrogen-bond acceptors (Lipinski definition) is 4. The van der Waals surface area contributed by atoms with Crippen molar-refractivity contribution in [1.82, 2.24) is 0 Å². The van der Waals surface area contributed by atoms with Gasteiger partial charge in [0.15, 0.2) is 24.0 Å². The third kappa shape index (κ3) is 2.42. The van der Waals surface area contributed by atoms with Crippen LogP contribution in [0.5, 0.6) is 11.5 Å². The molecule has 0 radical (unpaired) electrons. The number of Topliss-reactive ketones (excluding diaryl/α,β-unsaturated/α-hetero) is 1. The van der Waals surface area contributed by atoms with Gasteiger partial charge in [-0.2, -0.15) is 0 Å². The van der Waals surface area contributed by atoms with Crippen LogP contribution in [-0.2, 0) is 4.79 Å². The van der Waals surface area contributed by atoms with Gasteiger partial charge < -0.3 is 14.8 Å². The van der Waals surface area contributed by atoms with Crippen LogP contribution in [0.1, 0.15) is 15.9 Å². The standard InChI is InChI=1S/C18H12FNO4/c19-13-3-1-2-12-17(22)11(8-24-18(12)13)6-10-4-5-15-14(7-10)20-16(21)9-23-15/h1-7H,8-9H2,(H,20,21)/b11-6+. The third-order valence-electron chi connectivity index (χ3n) is 3.85. The second-order valence-corrected chi connectivity index (χ2v) is 5.50. The van der Waals surface area contributed by atoms with Crippen LogP contribution < -0.4 is 14.8 Å². The van der Waals surface area contributed by atoms with Gasteiger partial charge in [-0.1, -0.05) is 12.1 Å². The summed E-state index contributed by atoms with van der Waals surface area (Å²) in [5.74, 6) is -0.475. The summed E-state index contributed by atoms with van der Waals surface area (Å²) in [4.78, 5) is 23.9. The second-order valence-electron chi connectivity index (χ2n) is 5.50. The molecular formula is C18H12FNO4. The summed E-state index contributed by atoms with van der Waals surface area (Å²) in [6, 6.07) is 9.49. The molecule has 1 N–H and O–H groups in total. The molecular weight excluding hydrogens is 313 g/mol. The van der Waals surface area contributed by atoms with Gasteiger partial charge in [-0.25, -0.2) is 4.39 Å². The van der Waals surface area contributed by atoms with Gasteiger partial charge in [0.2, 0.25) is 0 Å². The van der Waals surface area contributed by atoms with Crippen molar-refractivity contribution in [1.29, 1.82) is 0 Å². The molecule has 2 aliphatic heterocycles. The van der Waals surface area contributed by atoms with Gasteiger partial charge in [-0.05, 0) is 35.9 Å². The number of carbonyl (C=O) groups is 2. The number of ketones is 1. The zero-order chi connectivity index (χ0) is 16.7. The van der Waals surface area contributed by atoms with E-state index in [0.717, 1.165) is 0 Å². The number of rotatable bonds is 1. The molecule has 1 amide bonds. The quantitative estimate of drug-likeness (QED) is 0.819. The maximum absolute atomic E-state index is 13.7. The maximum Gasteiger partial charge on any atom is 0.262 e. The molecule has 24 heavy (non-hydrogen) atoms. The first kappa shape index (κ1) is 14.4. The Kier molecular flexibility index (Phi) is 3.30. The Hall–Kier alpha value is -3.15. The first-order chi connectivity index (χ1) is 11.6. The summed E-state index contributed by atoms with van der Waals surface area (Å²) >= 11 is 0. The molecule has 0 saturated heterocycles. The number of halogens is 1. The van der Waals surface area contributed by atoms with Crippen molar-refractivity contribution in [3.05, 3.63) is 58.9 Å². The first-order valence-electron chi connectivity index (χ1n) is 7.35. The van der Waals surface area contributed by atoms with Gasteiger partial charge in [0.1, 0.15) is 12.4 Å². The van der Waals surface area contributed by atoms with E-state index < -0.39 is 5.82 Å². The Morgan fingerprint density at radius 3 is 2.83 bits per heavy atom. The van der Waals surface area contributed by atoms with Crippen molar-refractivity contribution in [2.24, 2.45) is 0 Å². The Balaban J connectivity index is 1.68. The molecule has 4 rings (SSSR count). The van der Waals surface area contributed by atoms with Crippen molar-refractivity contribution in [2.45, 2.75) is 0 Å². The topological polar surface area (TPSA) is 64.6 Å². The molecule has 0 aromatic heterocycles. The highest BCUT2D eigenvalue weighted by Crippen LogP contribution is 2.32. The molecule has 2 heterocycles. The van der Waals surface area contributed by atoms with Crippen LogP contribution in [-0.4, -0.2) is 24.9 Å². The van der Waals surface area contributed by atoms with Crippen LogP contribution in [0.15, 0.2) is 42.0 Å². The number of carbonyl (C=O) groups excluding carboxylic acids is 2. The zero-order valence-electron chi connectivity index (χ0n) is 12.5. The summed E-state index contributed by atoms with van der Waals surface area (Å²) in [7, 11) is 0. The van der Waals surface area contributed by atoms with E-state index >= 15 is 0 Å². The van der Waals surface area contributed by atoms with Gasteiger partial charge in [-0.15, -0.1) is 0 Å². The molecule has 0 spiro atoms. The molecule has 0 saturated carbocycles. The Bertz CT molecular complexity index is 904. The molecule has 2 aromatic rings. The number of fused-ring (bicyclic) bond motifs is 2. The molecule has 0 fully saturated rings. The highest BCUT2D eigenvalue weighted by molar-refractivity contribution is 6.14. The summed E-state index contributed by atoms with van der Waals surface area (Å²) in [5, 5.41) is 2.71. The van der Waals surface area contributed by atoms with Crippen molar-refractivity contribution < 1.29 is 23.5 Å². The van der Waals surface area contributed by atoms with Crippen molar-refractivity contribution in [3.63, 3.8) is 0 Å². The lowest BCUT2D eigenvalue weighted by atomic mass is 9.98. The summed E-state index contributed by atoms with van der Waals surface area (Å²) in [6.45, 7) is -0.0190. The van der Waals surface area contributed by atoms with Gasteiger partial charge in [0, 0.05) is 5.57 Å². The van der Waals surface area contributed by atoms with E-state index in [9.17, 15) is 14.0 Å². The Labute approximate surface area is 136 Å². The van der Waals surface area contributed by atoms with Gasteiger partial charge >= 0.3 is 0 Å². The molecule has 2 aliphatic rings. The maximum atomic E-state index is 13.7. The van der Waals surface area contributed by atoms with Crippen LogP contribution in [0.4, 0.5) is 10.1 Å². The SMILES string of the molecule is O=C1COc2ccc(/C=C3\COc4c(F)cccc4C3=O)cc2N1. The van der Waals surface area contributed by atoms with Crippen molar-refractivity contribution in [2.75, 3.05) is 18.5 Å². The van der Waals surface area contributed by atoms with Gasteiger partial charge in [0.25, 0.3) is 5.91 Å². The Morgan fingerprint density at radius 1 is 1.08 bits per heavy atom. The summed E-state index contributed by atoms with van der Waals surface area (Å²) in [5.41, 5.74) is 1.89. The van der Waals surface area contributed by atoms with E-state index in [4.69, 9.17) is 9.47 Å². The summed E-state index contributed by atoms with van der Waals surface area (Å²) in [6.07, 6.45) is 1.66. The highest BCUT2D eigenvalue weighted by atomic mass is 19.1. The lowest BCUT2D eigenvalue weighted by Crippen LogP contribution is -2.25. The fourth-order valence-electron chi connectivity index (χ4n) is 2.72. The lowest BCUT2D eigenvalue weighted by Gasteiger charge is -2.20. The van der Waals surface area contributed by atoms with E-state index in [2.05, 4.69) is 5.32 Å². The minimum absolute atomic E-state index is 0.00723. The van der Waals surface area contributed by atoms with E-state index in [1.165, 1.54) is 18.2 Å². The molecule has 120 valence electrons. The fraction of sp³-hybridized carbons (Fsp3) is 0.111. The van der Waals surface area contributed by atoms with Crippen LogP contribution in [0, 0.1) is 5.82 Å². The number of amides is 1. The highest BCUT2D eigenvalue weighted by Gasteiger charge is 2.26. The Morgan fingerprint density at radius 2 is 1.96 bits per heavy atom. The number of hydrogen-bond donors (Lipinski definition) is 1. The molecule has 6 heteroatoms. The number of para-hydroxylation sites is 1. The van der Waals surface area contributed by atoms with Crippen LogP contribution in [0.2, 0.25) is 0 Å². The monoisotopic (exact) mass is 325 g/mol. The van der Waals surface area contributed by atoms with Crippen molar-refractivity contribution in [3.8, 4) is 11.5 Å². The van der Waals surface area contributed by atoms with E-state index in [1.807, 2.05) is 0 Å². The number of nitrogens with one attached hydrogen (secondary N) is 1. The molecule has 0 aliphatic carbocycles. The van der Waals surface area contributed by atoms with Crippen molar-refractivity contribution >= 4 is 23.5 Å². The number of benzene rings is 2.